The summed E-state index contributed by atoms with van der Waals surface area (Å²) in [7, 11) is 1.67. The normalized spacial score (nSPS) is 19.7. The van der Waals surface area contributed by atoms with Gasteiger partial charge in [0, 0.05) is 26.2 Å². The fourth-order valence-corrected chi connectivity index (χ4v) is 2.35. The van der Waals surface area contributed by atoms with E-state index in [9.17, 15) is 18.9 Å². The number of hydrogen-bond acceptors (Lipinski definition) is 5. The Labute approximate surface area is 121 Å². The van der Waals surface area contributed by atoms with Gasteiger partial charge in [-0.15, -0.1) is 0 Å². The van der Waals surface area contributed by atoms with Gasteiger partial charge in [0.2, 0.25) is 0 Å². The summed E-state index contributed by atoms with van der Waals surface area (Å²) in [5.74, 6) is 0. The van der Waals surface area contributed by atoms with E-state index in [0.29, 0.717) is 18.8 Å². The van der Waals surface area contributed by atoms with Gasteiger partial charge >= 0.3 is 0 Å². The van der Waals surface area contributed by atoms with Gasteiger partial charge in [-0.25, -0.2) is 8.78 Å². The number of para-hydroxylation sites is 2. The van der Waals surface area contributed by atoms with Crippen LogP contribution in [0.1, 0.15) is 0 Å². The van der Waals surface area contributed by atoms with E-state index in [1.165, 1.54) is 6.07 Å². The lowest BCUT2D eigenvalue weighted by Gasteiger charge is -2.38. The zero-order valence-corrected chi connectivity index (χ0v) is 11.6. The molecule has 1 aliphatic rings. The second kappa shape index (κ2) is 6.77. The van der Waals surface area contributed by atoms with Crippen molar-refractivity contribution in [2.45, 2.75) is 12.7 Å². The number of morpholine rings is 1. The number of alkyl halides is 2. The van der Waals surface area contributed by atoms with Gasteiger partial charge in [-0.05, 0) is 6.07 Å². The summed E-state index contributed by atoms with van der Waals surface area (Å²) in [4.78, 5) is 13.8. The highest BCUT2D eigenvalue weighted by Gasteiger charge is 2.28. The van der Waals surface area contributed by atoms with E-state index in [2.05, 4.69) is 0 Å². The molecule has 0 spiro atoms. The SMILES string of the molecule is CN(c1ccccc1[N+](=O)[O-])C1CN(CC(F)F)CCO1. The molecule has 0 radical (unpaired) electrons. The van der Waals surface area contributed by atoms with E-state index in [1.807, 2.05) is 0 Å². The van der Waals surface area contributed by atoms with Crippen LogP contribution < -0.4 is 4.90 Å². The Morgan fingerprint density at radius 2 is 2.24 bits per heavy atom. The number of rotatable bonds is 5. The van der Waals surface area contributed by atoms with Crippen molar-refractivity contribution in [1.29, 1.82) is 0 Å². The molecule has 0 N–H and O–H groups in total. The monoisotopic (exact) mass is 301 g/mol. The van der Waals surface area contributed by atoms with E-state index in [4.69, 9.17) is 4.74 Å². The van der Waals surface area contributed by atoms with Gasteiger partial charge in [0.05, 0.1) is 18.1 Å². The number of halogens is 2. The fraction of sp³-hybridized carbons (Fsp3) is 0.538. The number of nitrogens with zero attached hydrogens (tertiary/aromatic N) is 3. The molecule has 1 unspecified atom stereocenters. The van der Waals surface area contributed by atoms with E-state index in [-0.39, 0.29) is 18.8 Å². The first-order valence-electron chi connectivity index (χ1n) is 6.57. The molecule has 1 saturated heterocycles. The average Bonchev–Trinajstić information content (AvgIpc) is 2.46. The van der Waals surface area contributed by atoms with E-state index in [0.717, 1.165) is 0 Å². The van der Waals surface area contributed by atoms with E-state index >= 15 is 0 Å². The highest BCUT2D eigenvalue weighted by molar-refractivity contribution is 5.62. The Morgan fingerprint density at radius 1 is 1.52 bits per heavy atom. The molecule has 1 fully saturated rings. The number of ether oxygens (including phenoxy) is 1. The van der Waals surface area contributed by atoms with Crippen molar-refractivity contribution < 1.29 is 18.4 Å². The fourth-order valence-electron chi connectivity index (χ4n) is 2.35. The molecule has 21 heavy (non-hydrogen) atoms. The van der Waals surface area contributed by atoms with Crippen LogP contribution in [-0.4, -0.2) is 55.8 Å². The Hall–Kier alpha value is -1.80. The quantitative estimate of drug-likeness (QED) is 0.614. The summed E-state index contributed by atoms with van der Waals surface area (Å²) in [6.45, 7) is 0.728. The number of nitro groups is 1. The molecule has 8 heteroatoms. The molecule has 1 atom stereocenters. The molecule has 0 aliphatic carbocycles. The number of hydrogen-bond donors (Lipinski definition) is 0. The molecule has 0 saturated carbocycles. The summed E-state index contributed by atoms with van der Waals surface area (Å²) in [6.07, 6.45) is -2.89. The maximum Gasteiger partial charge on any atom is 0.292 e. The number of benzene rings is 1. The van der Waals surface area contributed by atoms with Gasteiger partial charge in [-0.2, -0.15) is 0 Å². The molecule has 0 bridgehead atoms. The van der Waals surface area contributed by atoms with Crippen molar-refractivity contribution in [3.63, 3.8) is 0 Å². The number of anilines is 1. The predicted molar refractivity (Wildman–Crippen MR) is 73.7 cm³/mol. The van der Waals surface area contributed by atoms with E-state index < -0.39 is 17.6 Å². The molecule has 6 nitrogen and oxygen atoms in total. The Morgan fingerprint density at radius 3 is 2.90 bits per heavy atom. The van der Waals surface area contributed by atoms with Crippen molar-refractivity contribution in [2.75, 3.05) is 38.2 Å². The van der Waals surface area contributed by atoms with Gasteiger partial charge in [0.1, 0.15) is 11.9 Å². The molecule has 1 aromatic carbocycles. The van der Waals surface area contributed by atoms with Crippen molar-refractivity contribution in [2.24, 2.45) is 0 Å². The minimum atomic E-state index is -2.40. The van der Waals surface area contributed by atoms with Gasteiger partial charge in [-0.3, -0.25) is 15.0 Å². The summed E-state index contributed by atoms with van der Waals surface area (Å²) in [5, 5.41) is 11.0. The van der Waals surface area contributed by atoms with Gasteiger partial charge in [-0.1, -0.05) is 12.1 Å². The van der Waals surface area contributed by atoms with Crippen molar-refractivity contribution in [1.82, 2.24) is 4.90 Å². The van der Waals surface area contributed by atoms with Crippen LogP contribution in [0.3, 0.4) is 0 Å². The molecule has 0 aromatic heterocycles. The molecule has 1 heterocycles. The van der Waals surface area contributed by atoms with Gasteiger partial charge in [0.25, 0.3) is 12.1 Å². The van der Waals surface area contributed by atoms with Crippen LogP contribution in [0.15, 0.2) is 24.3 Å². The first-order valence-corrected chi connectivity index (χ1v) is 6.57. The molecule has 2 rings (SSSR count). The summed E-state index contributed by atoms with van der Waals surface area (Å²) >= 11 is 0. The Balaban J connectivity index is 2.12. The lowest BCUT2D eigenvalue weighted by molar-refractivity contribution is -0.384. The molecule has 116 valence electrons. The first kappa shape index (κ1) is 15.6. The summed E-state index contributed by atoms with van der Waals surface area (Å²) in [6, 6.07) is 6.30. The highest BCUT2D eigenvalue weighted by Crippen LogP contribution is 2.29. The van der Waals surface area contributed by atoms with Gasteiger partial charge in [0.15, 0.2) is 0 Å². The molecule has 0 amide bonds. The number of nitro benzene ring substituents is 1. The van der Waals surface area contributed by atoms with Crippen LogP contribution in [0.2, 0.25) is 0 Å². The van der Waals surface area contributed by atoms with Crippen molar-refractivity contribution in [3.8, 4) is 0 Å². The molecule has 1 aliphatic heterocycles. The van der Waals surface area contributed by atoms with Crippen LogP contribution in [0.25, 0.3) is 0 Å². The minimum Gasteiger partial charge on any atom is -0.356 e. The maximum absolute atomic E-state index is 12.5. The Bertz CT molecular complexity index is 501. The van der Waals surface area contributed by atoms with Crippen molar-refractivity contribution >= 4 is 11.4 Å². The topological polar surface area (TPSA) is 58.8 Å². The molecule has 1 aromatic rings. The number of likely N-dealkylation sites (N-methyl/N-ethyl adjacent to an activating group) is 1. The zero-order chi connectivity index (χ0) is 15.4. The van der Waals surface area contributed by atoms with Crippen LogP contribution >= 0.6 is 0 Å². The third-order valence-corrected chi connectivity index (χ3v) is 3.42. The lowest BCUT2D eigenvalue weighted by atomic mass is 10.2. The van der Waals surface area contributed by atoms with Crippen LogP contribution in [-0.2, 0) is 4.74 Å². The summed E-state index contributed by atoms with van der Waals surface area (Å²) < 4.78 is 30.5. The third kappa shape index (κ3) is 3.85. The molecular formula is C13H17F2N3O3. The summed E-state index contributed by atoms with van der Waals surface area (Å²) in [5.41, 5.74) is 0.376. The zero-order valence-electron chi connectivity index (χ0n) is 11.6. The standard InChI is InChI=1S/C13H17F2N3O3/c1-16(10-4-2-3-5-11(10)18(19)20)13-9-17(6-7-21-13)8-12(14)15/h2-5,12-13H,6-9H2,1H3. The van der Waals surface area contributed by atoms with Crippen LogP contribution in [0, 0.1) is 10.1 Å². The second-order valence-corrected chi connectivity index (χ2v) is 4.83. The van der Waals surface area contributed by atoms with E-state index in [1.54, 1.807) is 35.0 Å². The predicted octanol–water partition coefficient (Wildman–Crippen LogP) is 1.95. The first-order chi connectivity index (χ1) is 9.99. The van der Waals surface area contributed by atoms with Crippen molar-refractivity contribution in [3.05, 3.63) is 34.4 Å². The average molecular weight is 301 g/mol. The van der Waals surface area contributed by atoms with Crippen LogP contribution in [0.5, 0.6) is 0 Å². The van der Waals surface area contributed by atoms with Crippen LogP contribution in [0.4, 0.5) is 20.2 Å². The lowest BCUT2D eigenvalue weighted by Crippen LogP contribution is -2.51. The maximum atomic E-state index is 12.5. The smallest absolute Gasteiger partial charge is 0.292 e. The highest BCUT2D eigenvalue weighted by atomic mass is 19.3. The van der Waals surface area contributed by atoms with Gasteiger partial charge < -0.3 is 9.64 Å². The largest absolute Gasteiger partial charge is 0.356 e. The Kier molecular flexibility index (Phi) is 5.03. The third-order valence-electron chi connectivity index (χ3n) is 3.42. The second-order valence-electron chi connectivity index (χ2n) is 4.83. The molecular weight excluding hydrogens is 284 g/mol. The minimum absolute atomic E-state index is 0.0328.